The molecule has 0 saturated carbocycles. The van der Waals surface area contributed by atoms with Gasteiger partial charge in [0, 0.05) is 0 Å². The van der Waals surface area contributed by atoms with Gasteiger partial charge in [0.1, 0.15) is 0 Å². The minimum absolute atomic E-state index is 0. The van der Waals surface area contributed by atoms with Crippen molar-refractivity contribution in [2.45, 2.75) is 0 Å². The van der Waals surface area contributed by atoms with E-state index in [1.54, 1.807) is 0 Å². The van der Waals surface area contributed by atoms with Crippen molar-refractivity contribution in [3.63, 3.8) is 0 Å². The molecule has 4 aromatic rings. The summed E-state index contributed by atoms with van der Waals surface area (Å²) in [5.41, 5.74) is 0. The maximum absolute atomic E-state index is 3.35. The molecule has 4 rings (SSSR count). The smallest absolute Gasteiger partial charge is 0.218 e. The summed E-state index contributed by atoms with van der Waals surface area (Å²) < 4.78 is 0. The molecule has 0 aliphatic rings. The molecule has 20 heavy (non-hydrogen) atoms. The molecule has 0 nitrogen and oxygen atoms in total. The van der Waals surface area contributed by atoms with Crippen LogP contribution in [0.25, 0.3) is 32.3 Å². The van der Waals surface area contributed by atoms with E-state index in [9.17, 15) is 0 Å². The zero-order chi connectivity index (χ0) is 11.9. The van der Waals surface area contributed by atoms with Crippen molar-refractivity contribution >= 4 is 32.3 Å². The van der Waals surface area contributed by atoms with E-state index in [-0.39, 0.29) is 37.7 Å². The van der Waals surface area contributed by atoms with E-state index in [1.807, 2.05) is 24.3 Å². The third kappa shape index (κ3) is 2.20. The molecule has 0 aliphatic heterocycles. The summed E-state index contributed by atoms with van der Waals surface area (Å²) >= 11 is 0. The van der Waals surface area contributed by atoms with Crippen molar-refractivity contribution in [2.24, 2.45) is 0 Å². The Morgan fingerprint density at radius 3 is 1.35 bits per heavy atom. The number of fused-ring (bicyclic) bond motifs is 6. The molecule has 0 N–H and O–H groups in total. The van der Waals surface area contributed by atoms with Crippen LogP contribution >= 0.6 is 0 Å². The van der Waals surface area contributed by atoms with Gasteiger partial charge in [-0.1, -0.05) is 35.0 Å². The van der Waals surface area contributed by atoms with Crippen LogP contribution in [0.3, 0.4) is 0 Å². The number of hydrogen-bond acceptors (Lipinski definition) is 0. The molecule has 0 amide bonds. The zero-order valence-corrected chi connectivity index (χ0v) is 11.8. The van der Waals surface area contributed by atoms with Crippen LogP contribution in [-0.4, -0.2) is 0 Å². The van der Waals surface area contributed by atoms with Crippen LogP contribution in [0.15, 0.2) is 60.7 Å². The van der Waals surface area contributed by atoms with E-state index in [4.69, 9.17) is 0 Å². The van der Waals surface area contributed by atoms with E-state index in [0.717, 1.165) is 10.8 Å². The molecule has 0 atom stereocenters. The monoisotopic (exact) mass is 240 g/mol. The summed E-state index contributed by atoms with van der Waals surface area (Å²) in [5.74, 6) is 0. The predicted molar refractivity (Wildman–Crippen MR) is 76.6 cm³/mol. The van der Waals surface area contributed by atoms with Crippen molar-refractivity contribution in [2.75, 3.05) is 0 Å². The molecule has 0 heterocycles. The summed E-state index contributed by atoms with van der Waals surface area (Å²) in [6.45, 7) is 0. The molecular formula is C18H10Li2. The van der Waals surface area contributed by atoms with Crippen molar-refractivity contribution in [1.82, 2.24) is 0 Å². The Morgan fingerprint density at radius 1 is 0.500 bits per heavy atom. The van der Waals surface area contributed by atoms with E-state index in [2.05, 4.69) is 48.5 Å². The Balaban J connectivity index is 0.000000735. The first-order valence-electron chi connectivity index (χ1n) is 6.07. The first kappa shape index (κ1) is 15.2. The molecule has 0 aromatic heterocycles. The predicted octanol–water partition coefficient (Wildman–Crippen LogP) is -1.25. The second kappa shape index (κ2) is 6.09. The minimum Gasteiger partial charge on any atom is -0.218 e. The fourth-order valence-electron chi connectivity index (χ4n) is 2.69. The molecule has 4 aromatic carbocycles. The molecule has 2 heteroatoms. The Kier molecular flexibility index (Phi) is 4.64. The molecular weight excluding hydrogens is 230 g/mol. The number of benzene rings is 4. The largest absolute Gasteiger partial charge is 1.00 e. The second-order valence-corrected chi connectivity index (χ2v) is 4.46. The Morgan fingerprint density at radius 2 is 0.900 bits per heavy atom. The maximum atomic E-state index is 3.35. The molecule has 0 fully saturated rings. The van der Waals surface area contributed by atoms with Gasteiger partial charge in [-0.15, -0.1) is 35.0 Å². The molecule has 0 saturated heterocycles. The SMILES string of the molecule is [Li+].[Li+].[c-]1cccc2c1c1[c-]cccc1c1ccccc21. The fraction of sp³-hybridized carbons (Fsp3) is 0. The Labute approximate surface area is 142 Å². The number of rotatable bonds is 0. The van der Waals surface area contributed by atoms with Crippen molar-refractivity contribution < 1.29 is 37.7 Å². The Bertz CT molecular complexity index is 661. The quantitative estimate of drug-likeness (QED) is 0.205. The average molecular weight is 240 g/mol. The van der Waals surface area contributed by atoms with Crippen LogP contribution in [0.5, 0.6) is 0 Å². The second-order valence-electron chi connectivity index (χ2n) is 4.46. The van der Waals surface area contributed by atoms with Gasteiger partial charge in [-0.2, -0.15) is 24.3 Å². The molecule has 0 radical (unpaired) electrons. The summed E-state index contributed by atoms with van der Waals surface area (Å²) in [5, 5.41) is 7.40. The number of hydrogen-bond donors (Lipinski definition) is 0. The minimum atomic E-state index is 0. The molecule has 0 spiro atoms. The third-order valence-corrected chi connectivity index (χ3v) is 3.47. The van der Waals surface area contributed by atoms with Gasteiger partial charge in [0.2, 0.25) is 0 Å². The van der Waals surface area contributed by atoms with Gasteiger partial charge in [0.05, 0.1) is 0 Å². The van der Waals surface area contributed by atoms with Gasteiger partial charge in [0.15, 0.2) is 0 Å². The van der Waals surface area contributed by atoms with E-state index in [1.165, 1.54) is 21.5 Å². The van der Waals surface area contributed by atoms with Gasteiger partial charge < -0.3 is 0 Å². The first-order chi connectivity index (χ1) is 8.95. The Hall–Kier alpha value is -1.15. The molecule has 0 aliphatic carbocycles. The van der Waals surface area contributed by atoms with E-state index < -0.39 is 0 Å². The standard InChI is InChI=1S/C18H10.2Li/c1-2-8-14-13(7-1)15-9-3-4-11-17(15)18-12-6-5-10-16(14)18;;/h1-10H;;/q-2;2*+1. The van der Waals surface area contributed by atoms with Gasteiger partial charge in [0.25, 0.3) is 0 Å². The average Bonchev–Trinajstić information content (AvgIpc) is 2.48. The molecule has 0 unspecified atom stereocenters. The summed E-state index contributed by atoms with van der Waals surface area (Å²) in [7, 11) is 0. The summed E-state index contributed by atoms with van der Waals surface area (Å²) in [6, 6.07) is 27.6. The van der Waals surface area contributed by atoms with Crippen LogP contribution in [0.4, 0.5) is 0 Å². The van der Waals surface area contributed by atoms with E-state index >= 15 is 0 Å². The van der Waals surface area contributed by atoms with Gasteiger partial charge in [-0.25, -0.2) is 10.8 Å². The summed E-state index contributed by atoms with van der Waals surface area (Å²) in [6.07, 6.45) is 0. The first-order valence-corrected chi connectivity index (χ1v) is 6.07. The van der Waals surface area contributed by atoms with Crippen LogP contribution in [0.1, 0.15) is 0 Å². The van der Waals surface area contributed by atoms with Crippen LogP contribution in [0.2, 0.25) is 0 Å². The fourth-order valence-corrected chi connectivity index (χ4v) is 2.69. The molecule has 84 valence electrons. The van der Waals surface area contributed by atoms with Crippen LogP contribution in [-0.2, 0) is 0 Å². The van der Waals surface area contributed by atoms with Crippen molar-refractivity contribution in [3.05, 3.63) is 72.8 Å². The zero-order valence-electron chi connectivity index (χ0n) is 11.8. The van der Waals surface area contributed by atoms with Crippen LogP contribution in [0, 0.1) is 12.1 Å². The topological polar surface area (TPSA) is 0 Å². The van der Waals surface area contributed by atoms with Gasteiger partial charge in [-0.05, 0) is 0 Å². The maximum Gasteiger partial charge on any atom is 1.00 e. The van der Waals surface area contributed by atoms with Gasteiger partial charge in [-0.3, -0.25) is 0 Å². The van der Waals surface area contributed by atoms with E-state index in [0.29, 0.717) is 0 Å². The normalized spacial score (nSPS) is 10.2. The van der Waals surface area contributed by atoms with Crippen molar-refractivity contribution in [1.29, 1.82) is 0 Å². The third-order valence-electron chi connectivity index (χ3n) is 3.47. The molecule has 0 bridgehead atoms. The summed E-state index contributed by atoms with van der Waals surface area (Å²) in [4.78, 5) is 0. The van der Waals surface area contributed by atoms with Crippen LogP contribution < -0.4 is 37.7 Å². The van der Waals surface area contributed by atoms with Crippen molar-refractivity contribution in [3.8, 4) is 0 Å². The van der Waals surface area contributed by atoms with Gasteiger partial charge >= 0.3 is 37.7 Å².